The summed E-state index contributed by atoms with van der Waals surface area (Å²) in [5.74, 6) is 0.465. The molecule has 0 bridgehead atoms. The van der Waals surface area contributed by atoms with E-state index in [9.17, 15) is 9.59 Å². The number of amides is 2. The zero-order chi connectivity index (χ0) is 22.6. The summed E-state index contributed by atoms with van der Waals surface area (Å²) < 4.78 is 5.43. The predicted molar refractivity (Wildman–Crippen MR) is 121 cm³/mol. The molecule has 5 N–H and O–H groups in total. The number of rotatable bonds is 5. The number of ether oxygens (including phenoxy) is 1. The van der Waals surface area contributed by atoms with Gasteiger partial charge < -0.3 is 26.4 Å². The maximum atomic E-state index is 12.4. The van der Waals surface area contributed by atoms with Crippen LogP contribution in [0.1, 0.15) is 68.1 Å². The molecule has 2 heterocycles. The molecule has 2 amide bonds. The second-order valence-electron chi connectivity index (χ2n) is 8.87. The first-order valence-corrected chi connectivity index (χ1v) is 10.6. The number of aromatic nitrogens is 1. The second kappa shape index (κ2) is 9.36. The Morgan fingerprint density at radius 3 is 2.68 bits per heavy atom. The van der Waals surface area contributed by atoms with Gasteiger partial charge in [0.2, 0.25) is 0 Å². The molecule has 9 heteroatoms. The summed E-state index contributed by atoms with van der Waals surface area (Å²) in [6, 6.07) is 1.80. The lowest BCUT2D eigenvalue weighted by Crippen LogP contribution is -2.49. The predicted octanol–water partition coefficient (Wildman–Crippen LogP) is 2.57. The van der Waals surface area contributed by atoms with Crippen LogP contribution in [0.25, 0.3) is 5.57 Å². The van der Waals surface area contributed by atoms with E-state index in [1.807, 2.05) is 26.8 Å². The quantitative estimate of drug-likeness (QED) is 0.533. The van der Waals surface area contributed by atoms with Crippen LogP contribution in [0.2, 0.25) is 0 Å². The fourth-order valence-electron chi connectivity index (χ4n) is 3.98. The normalized spacial score (nSPS) is 21.5. The molecule has 0 radical (unpaired) electrons. The third-order valence-corrected chi connectivity index (χ3v) is 5.29. The van der Waals surface area contributed by atoms with Gasteiger partial charge in [0.05, 0.1) is 17.3 Å². The number of allylic oxidation sites excluding steroid dienone is 1. The first kappa shape index (κ1) is 22.6. The van der Waals surface area contributed by atoms with E-state index in [-0.39, 0.29) is 18.0 Å². The van der Waals surface area contributed by atoms with Gasteiger partial charge in [0, 0.05) is 37.6 Å². The third kappa shape index (κ3) is 5.53. The molecule has 0 spiro atoms. The maximum absolute atomic E-state index is 12.4. The van der Waals surface area contributed by atoms with Crippen molar-refractivity contribution in [2.75, 3.05) is 12.4 Å². The van der Waals surface area contributed by atoms with Crippen molar-refractivity contribution in [3.8, 4) is 0 Å². The number of carbonyl (C=O) groups excluding carboxylic acids is 2. The topological polar surface area (TPSA) is 131 Å². The van der Waals surface area contributed by atoms with Crippen molar-refractivity contribution in [3.63, 3.8) is 0 Å². The first-order valence-electron chi connectivity index (χ1n) is 10.6. The number of aliphatic imine (C=N–C) groups is 1. The number of nitrogens with one attached hydrogen (secondary N) is 3. The zero-order valence-corrected chi connectivity index (χ0v) is 18.6. The number of carbonyl (C=O) groups is 2. The average molecular weight is 429 g/mol. The number of pyridine rings is 1. The van der Waals surface area contributed by atoms with Crippen molar-refractivity contribution in [1.29, 1.82) is 0 Å². The Balaban J connectivity index is 1.85. The molecule has 31 heavy (non-hydrogen) atoms. The molecule has 3 rings (SSSR count). The molecular formula is C22H32N6O3. The van der Waals surface area contributed by atoms with Gasteiger partial charge in [-0.15, -0.1) is 0 Å². The van der Waals surface area contributed by atoms with Crippen LogP contribution in [-0.4, -0.2) is 47.9 Å². The maximum Gasteiger partial charge on any atom is 0.407 e. The van der Waals surface area contributed by atoms with Gasteiger partial charge in [0.1, 0.15) is 11.4 Å². The van der Waals surface area contributed by atoms with Crippen molar-refractivity contribution < 1.29 is 14.3 Å². The number of fused-ring (bicyclic) bond motifs is 1. The average Bonchev–Trinajstić information content (AvgIpc) is 3.06. The molecule has 1 aliphatic carbocycles. The highest BCUT2D eigenvalue weighted by Gasteiger charge is 2.30. The van der Waals surface area contributed by atoms with E-state index in [1.165, 1.54) is 6.20 Å². The lowest BCUT2D eigenvalue weighted by molar-refractivity contribution is 0.0488. The fourth-order valence-corrected chi connectivity index (χ4v) is 3.98. The lowest BCUT2D eigenvalue weighted by Gasteiger charge is -2.34. The van der Waals surface area contributed by atoms with Gasteiger partial charge in [-0.05, 0) is 45.2 Å². The highest BCUT2D eigenvalue weighted by Crippen LogP contribution is 2.28. The van der Waals surface area contributed by atoms with Crippen LogP contribution < -0.4 is 21.7 Å². The lowest BCUT2D eigenvalue weighted by atomic mass is 9.90. The van der Waals surface area contributed by atoms with Crippen LogP contribution in [0.3, 0.4) is 0 Å². The number of anilines is 1. The van der Waals surface area contributed by atoms with E-state index in [0.717, 1.165) is 31.2 Å². The van der Waals surface area contributed by atoms with E-state index in [2.05, 4.69) is 20.9 Å². The molecule has 1 saturated carbocycles. The van der Waals surface area contributed by atoms with E-state index < -0.39 is 11.7 Å². The minimum atomic E-state index is -0.552. The molecule has 168 valence electrons. The standard InChI is InChI=1S/C22H32N6O3/c1-22(2,3)31-21(30)27-16-8-6-5-7-15(16)26-17-9-13-12-25-20(29)18(13)19(28-17)14(10-23)11-24-4/h9-11,15-16H,5-8,12,23H2,1-4H3,(H,25,29)(H,26,28)(H,27,30)/t15?,16-/m0/s1. The van der Waals surface area contributed by atoms with Crippen LogP contribution in [0.15, 0.2) is 17.3 Å². The summed E-state index contributed by atoms with van der Waals surface area (Å²) in [6.45, 7) is 5.97. The highest BCUT2D eigenvalue weighted by molar-refractivity contribution is 6.14. The van der Waals surface area contributed by atoms with Gasteiger partial charge >= 0.3 is 6.09 Å². The van der Waals surface area contributed by atoms with Crippen LogP contribution in [-0.2, 0) is 11.3 Å². The van der Waals surface area contributed by atoms with E-state index in [4.69, 9.17) is 15.5 Å². The molecule has 1 unspecified atom stereocenters. The Kier molecular flexibility index (Phi) is 6.82. The zero-order valence-electron chi connectivity index (χ0n) is 18.6. The molecule has 2 atom stereocenters. The summed E-state index contributed by atoms with van der Waals surface area (Å²) in [5.41, 5.74) is 7.68. The Hall–Kier alpha value is -3.10. The Morgan fingerprint density at radius 1 is 1.32 bits per heavy atom. The monoisotopic (exact) mass is 428 g/mol. The molecule has 9 nitrogen and oxygen atoms in total. The van der Waals surface area contributed by atoms with Gasteiger partial charge in [-0.25, -0.2) is 9.78 Å². The van der Waals surface area contributed by atoms with Crippen molar-refractivity contribution in [1.82, 2.24) is 15.6 Å². The number of alkyl carbamates (subject to hydrolysis) is 1. The molecule has 2 aliphatic rings. The molecule has 0 saturated heterocycles. The van der Waals surface area contributed by atoms with Gasteiger partial charge in [-0.3, -0.25) is 9.79 Å². The van der Waals surface area contributed by atoms with E-state index in [0.29, 0.717) is 29.2 Å². The van der Waals surface area contributed by atoms with Crippen LogP contribution >= 0.6 is 0 Å². The Morgan fingerprint density at radius 2 is 2.03 bits per heavy atom. The van der Waals surface area contributed by atoms with Crippen LogP contribution in [0.5, 0.6) is 0 Å². The van der Waals surface area contributed by atoms with Crippen molar-refractivity contribution in [2.24, 2.45) is 10.7 Å². The third-order valence-electron chi connectivity index (χ3n) is 5.29. The summed E-state index contributed by atoms with van der Waals surface area (Å²) >= 11 is 0. The molecule has 1 aromatic rings. The van der Waals surface area contributed by atoms with Crippen LogP contribution in [0, 0.1) is 0 Å². The molecule has 1 aromatic heterocycles. The molecule has 1 aliphatic heterocycles. The minimum absolute atomic E-state index is 0.00474. The molecular weight excluding hydrogens is 396 g/mol. The number of hydrogen-bond donors (Lipinski definition) is 4. The smallest absolute Gasteiger partial charge is 0.407 e. The second-order valence-corrected chi connectivity index (χ2v) is 8.87. The highest BCUT2D eigenvalue weighted by atomic mass is 16.6. The SMILES string of the molecule is CN=CC(=CN)c1nc(NC2CCCC[C@@H]2NC(=O)OC(C)(C)C)cc2c1C(=O)NC2. The van der Waals surface area contributed by atoms with Crippen LogP contribution in [0.4, 0.5) is 10.6 Å². The number of nitrogens with two attached hydrogens (primary N) is 1. The molecule has 0 aromatic carbocycles. The molecule has 1 fully saturated rings. The summed E-state index contributed by atoms with van der Waals surface area (Å²) in [7, 11) is 1.64. The fraction of sp³-hybridized carbons (Fsp3) is 0.545. The summed E-state index contributed by atoms with van der Waals surface area (Å²) in [6.07, 6.45) is 6.40. The number of hydrogen-bond acceptors (Lipinski definition) is 7. The minimum Gasteiger partial charge on any atom is -0.444 e. The van der Waals surface area contributed by atoms with Crippen molar-refractivity contribution in [2.45, 2.75) is 70.7 Å². The first-order chi connectivity index (χ1) is 14.7. The van der Waals surface area contributed by atoms with Gasteiger partial charge in [-0.2, -0.15) is 0 Å². The largest absolute Gasteiger partial charge is 0.444 e. The van der Waals surface area contributed by atoms with E-state index >= 15 is 0 Å². The van der Waals surface area contributed by atoms with Crippen molar-refractivity contribution in [3.05, 3.63) is 29.1 Å². The number of nitrogens with zero attached hydrogens (tertiary/aromatic N) is 2. The summed E-state index contributed by atoms with van der Waals surface area (Å²) in [4.78, 5) is 33.4. The van der Waals surface area contributed by atoms with E-state index in [1.54, 1.807) is 13.3 Å². The van der Waals surface area contributed by atoms with Gasteiger partial charge in [0.25, 0.3) is 5.91 Å². The Bertz CT molecular complexity index is 903. The van der Waals surface area contributed by atoms with Gasteiger partial charge in [0.15, 0.2) is 0 Å². The summed E-state index contributed by atoms with van der Waals surface area (Å²) in [5, 5.41) is 9.32. The Labute approximate surface area is 182 Å². The van der Waals surface area contributed by atoms with Crippen molar-refractivity contribution >= 4 is 29.6 Å². The van der Waals surface area contributed by atoms with Gasteiger partial charge in [-0.1, -0.05) is 12.8 Å².